The summed E-state index contributed by atoms with van der Waals surface area (Å²) in [6.45, 7) is 0. The van der Waals surface area contributed by atoms with Crippen LogP contribution in [0.2, 0.25) is 0 Å². The van der Waals surface area contributed by atoms with Gasteiger partial charge in [0.25, 0.3) is 5.91 Å². The molecule has 21 heavy (non-hydrogen) atoms. The molecule has 0 saturated heterocycles. The van der Waals surface area contributed by atoms with Crippen molar-refractivity contribution in [1.82, 2.24) is 4.98 Å². The minimum Gasteiger partial charge on any atom is -0.494 e. The number of aromatic nitrogens is 1. The molecule has 2 rings (SSSR count). The summed E-state index contributed by atoms with van der Waals surface area (Å²) in [5.41, 5.74) is -0.0911. The molecule has 1 amide bonds. The minimum absolute atomic E-state index is 0.0540. The molecule has 2 aromatic rings. The van der Waals surface area contributed by atoms with Crippen LogP contribution in [0.4, 0.5) is 10.1 Å². The van der Waals surface area contributed by atoms with E-state index in [9.17, 15) is 14.0 Å². The van der Waals surface area contributed by atoms with E-state index in [2.05, 4.69) is 10.3 Å². The lowest BCUT2D eigenvalue weighted by Gasteiger charge is -2.08. The lowest BCUT2D eigenvalue weighted by atomic mass is 10.2. The minimum atomic E-state index is -1.26. The van der Waals surface area contributed by atoms with Gasteiger partial charge >= 0.3 is 5.97 Å². The van der Waals surface area contributed by atoms with Crippen LogP contribution in [-0.4, -0.2) is 29.1 Å². The Bertz CT molecular complexity index is 703. The van der Waals surface area contributed by atoms with E-state index in [0.717, 1.165) is 6.07 Å². The lowest BCUT2D eigenvalue weighted by Crippen LogP contribution is -2.15. The van der Waals surface area contributed by atoms with E-state index in [-0.39, 0.29) is 22.7 Å². The number of anilines is 1. The predicted octanol–water partition coefficient (Wildman–Crippen LogP) is 2.18. The van der Waals surface area contributed by atoms with Gasteiger partial charge in [-0.15, -0.1) is 0 Å². The molecule has 0 bridgehead atoms. The number of hydrogen-bond donors (Lipinski definition) is 2. The van der Waals surface area contributed by atoms with Gasteiger partial charge in [-0.3, -0.25) is 4.79 Å². The van der Waals surface area contributed by atoms with E-state index in [1.807, 2.05) is 0 Å². The number of benzene rings is 1. The van der Waals surface area contributed by atoms with E-state index in [1.165, 1.54) is 37.6 Å². The maximum atomic E-state index is 13.3. The first-order valence-corrected chi connectivity index (χ1v) is 5.86. The summed E-state index contributed by atoms with van der Waals surface area (Å²) in [6.07, 6.45) is 1.31. The van der Waals surface area contributed by atoms with Gasteiger partial charge in [-0.2, -0.15) is 0 Å². The number of halogens is 1. The third-order valence-electron chi connectivity index (χ3n) is 2.67. The average molecular weight is 290 g/mol. The van der Waals surface area contributed by atoms with Crippen molar-refractivity contribution in [3.63, 3.8) is 0 Å². The molecule has 108 valence electrons. The number of methoxy groups -OCH3 is 1. The molecule has 1 aromatic heterocycles. The zero-order valence-corrected chi connectivity index (χ0v) is 11.0. The molecule has 0 aliphatic heterocycles. The monoisotopic (exact) mass is 290 g/mol. The number of ether oxygens (including phenoxy) is 1. The van der Waals surface area contributed by atoms with Crippen molar-refractivity contribution in [2.75, 3.05) is 12.4 Å². The topological polar surface area (TPSA) is 88.5 Å². The van der Waals surface area contributed by atoms with Gasteiger partial charge in [0.05, 0.1) is 12.8 Å². The molecule has 0 radical (unpaired) electrons. The van der Waals surface area contributed by atoms with Crippen LogP contribution in [-0.2, 0) is 0 Å². The summed E-state index contributed by atoms with van der Waals surface area (Å²) >= 11 is 0. The van der Waals surface area contributed by atoms with Crippen molar-refractivity contribution >= 4 is 17.6 Å². The highest BCUT2D eigenvalue weighted by atomic mass is 19.1. The van der Waals surface area contributed by atoms with Crippen molar-refractivity contribution < 1.29 is 23.8 Å². The molecule has 0 atom stereocenters. The Balaban J connectivity index is 2.28. The van der Waals surface area contributed by atoms with Crippen molar-refractivity contribution in [3.05, 3.63) is 53.6 Å². The Hall–Kier alpha value is -2.96. The normalized spacial score (nSPS) is 10.0. The van der Waals surface area contributed by atoms with Gasteiger partial charge in [0.1, 0.15) is 0 Å². The summed E-state index contributed by atoms with van der Waals surface area (Å²) in [5, 5.41) is 11.4. The van der Waals surface area contributed by atoms with Crippen LogP contribution in [0.5, 0.6) is 5.75 Å². The second kappa shape index (κ2) is 6.00. The zero-order valence-electron chi connectivity index (χ0n) is 11.0. The van der Waals surface area contributed by atoms with Crippen molar-refractivity contribution in [2.24, 2.45) is 0 Å². The second-order valence-electron chi connectivity index (χ2n) is 4.01. The number of carbonyl (C=O) groups excluding carboxylic acids is 1. The Morgan fingerprint density at radius 1 is 1.33 bits per heavy atom. The van der Waals surface area contributed by atoms with Crippen molar-refractivity contribution in [2.45, 2.75) is 0 Å². The van der Waals surface area contributed by atoms with Crippen molar-refractivity contribution in [1.29, 1.82) is 0 Å². The first-order valence-electron chi connectivity index (χ1n) is 5.86. The maximum absolute atomic E-state index is 13.3. The second-order valence-corrected chi connectivity index (χ2v) is 4.01. The van der Waals surface area contributed by atoms with Crippen LogP contribution in [0.1, 0.15) is 20.8 Å². The van der Waals surface area contributed by atoms with Gasteiger partial charge < -0.3 is 15.2 Å². The number of amides is 1. The Kier molecular flexibility index (Phi) is 4.13. The average Bonchev–Trinajstić information content (AvgIpc) is 2.48. The number of carboxylic acids is 1. The van der Waals surface area contributed by atoms with Gasteiger partial charge in [0.2, 0.25) is 0 Å². The Morgan fingerprint density at radius 2 is 2.10 bits per heavy atom. The van der Waals surface area contributed by atoms with Crippen LogP contribution in [0.3, 0.4) is 0 Å². The van der Waals surface area contributed by atoms with Gasteiger partial charge in [-0.1, -0.05) is 0 Å². The summed E-state index contributed by atoms with van der Waals surface area (Å²) in [5.74, 6) is -2.53. The number of aromatic carboxylic acids is 1. The molecule has 0 aliphatic carbocycles. The molecule has 1 heterocycles. The van der Waals surface area contributed by atoms with Crippen LogP contribution in [0.15, 0.2) is 36.5 Å². The quantitative estimate of drug-likeness (QED) is 0.901. The molecule has 0 saturated carbocycles. The zero-order chi connectivity index (χ0) is 15.4. The maximum Gasteiger partial charge on any atom is 0.356 e. The number of carbonyl (C=O) groups is 2. The SMILES string of the molecule is COc1cc(C(=O)Nc2cccnc2C(=O)O)ccc1F. The Labute approximate surface area is 119 Å². The third kappa shape index (κ3) is 3.14. The molecule has 1 aromatic carbocycles. The fourth-order valence-electron chi connectivity index (χ4n) is 1.67. The largest absolute Gasteiger partial charge is 0.494 e. The van der Waals surface area contributed by atoms with E-state index in [4.69, 9.17) is 9.84 Å². The number of carboxylic acid groups (broad SMARTS) is 1. The molecule has 2 N–H and O–H groups in total. The molecule has 0 unspecified atom stereocenters. The molecule has 0 aliphatic rings. The fraction of sp³-hybridized carbons (Fsp3) is 0.0714. The Morgan fingerprint density at radius 3 is 2.76 bits per heavy atom. The first kappa shape index (κ1) is 14.4. The molecule has 0 spiro atoms. The fourth-order valence-corrected chi connectivity index (χ4v) is 1.67. The molecular weight excluding hydrogens is 279 g/mol. The third-order valence-corrected chi connectivity index (χ3v) is 2.67. The van der Waals surface area contributed by atoms with Crippen LogP contribution < -0.4 is 10.1 Å². The summed E-state index contributed by atoms with van der Waals surface area (Å²) in [4.78, 5) is 26.7. The van der Waals surface area contributed by atoms with Gasteiger partial charge in [0.15, 0.2) is 17.3 Å². The number of nitrogens with one attached hydrogen (secondary N) is 1. The van der Waals surface area contributed by atoms with Crippen LogP contribution in [0, 0.1) is 5.82 Å². The van der Waals surface area contributed by atoms with Crippen LogP contribution >= 0.6 is 0 Å². The molecule has 6 nitrogen and oxygen atoms in total. The van der Waals surface area contributed by atoms with E-state index >= 15 is 0 Å². The highest BCUT2D eigenvalue weighted by molar-refractivity contribution is 6.07. The summed E-state index contributed by atoms with van der Waals surface area (Å²) in [7, 11) is 1.28. The predicted molar refractivity (Wildman–Crippen MR) is 72.1 cm³/mol. The number of rotatable bonds is 4. The van der Waals surface area contributed by atoms with Gasteiger partial charge in [0, 0.05) is 11.8 Å². The summed E-state index contributed by atoms with van der Waals surface area (Å²) < 4.78 is 18.1. The highest BCUT2D eigenvalue weighted by Crippen LogP contribution is 2.20. The molecule has 7 heteroatoms. The van der Waals surface area contributed by atoms with Gasteiger partial charge in [-0.05, 0) is 30.3 Å². The van der Waals surface area contributed by atoms with Gasteiger partial charge in [-0.25, -0.2) is 14.2 Å². The first-order chi connectivity index (χ1) is 10.0. The number of pyridine rings is 1. The molecule has 0 fully saturated rings. The van der Waals surface area contributed by atoms with E-state index in [0.29, 0.717) is 0 Å². The highest BCUT2D eigenvalue weighted by Gasteiger charge is 2.15. The van der Waals surface area contributed by atoms with Crippen molar-refractivity contribution in [3.8, 4) is 5.75 Å². The number of nitrogens with zero attached hydrogens (tertiary/aromatic N) is 1. The lowest BCUT2D eigenvalue weighted by molar-refractivity contribution is 0.0691. The standard InChI is InChI=1S/C14H11FN2O4/c1-21-11-7-8(4-5-9(11)15)13(18)17-10-3-2-6-16-12(10)14(19)20/h2-7H,1H3,(H,17,18)(H,19,20). The summed E-state index contributed by atoms with van der Waals surface area (Å²) in [6, 6.07) is 6.49. The number of hydrogen-bond acceptors (Lipinski definition) is 4. The van der Waals surface area contributed by atoms with Crippen LogP contribution in [0.25, 0.3) is 0 Å². The molecular formula is C14H11FN2O4. The van der Waals surface area contributed by atoms with E-state index < -0.39 is 17.7 Å². The van der Waals surface area contributed by atoms with E-state index in [1.54, 1.807) is 0 Å². The smallest absolute Gasteiger partial charge is 0.356 e.